The van der Waals surface area contributed by atoms with E-state index in [9.17, 15) is 4.79 Å². The molecule has 0 spiro atoms. The minimum Gasteiger partial charge on any atom is -0.462 e. The van der Waals surface area contributed by atoms with Crippen molar-refractivity contribution < 1.29 is 9.53 Å². The van der Waals surface area contributed by atoms with Gasteiger partial charge in [-0.3, -0.25) is 4.79 Å². The Morgan fingerprint density at radius 2 is 1.40 bits per heavy atom. The standard InChI is InChI=1S/C23H40O2/c1-3-18-9-11-20(12-10-18)21-13-15-22(16-14-21)25-23(24)17(2)19-7-5-4-6-8-19/h17-22H,3-16H2,1-2H3. The van der Waals surface area contributed by atoms with Crippen LogP contribution in [-0.2, 0) is 9.53 Å². The minimum atomic E-state index is 0.0961. The van der Waals surface area contributed by atoms with Gasteiger partial charge < -0.3 is 4.74 Å². The predicted octanol–water partition coefficient (Wildman–Crippen LogP) is 6.52. The summed E-state index contributed by atoms with van der Waals surface area (Å²) in [5.74, 6) is 3.64. The van der Waals surface area contributed by atoms with E-state index in [1.807, 2.05) is 0 Å². The number of carbonyl (C=O) groups is 1. The zero-order valence-electron chi connectivity index (χ0n) is 16.7. The van der Waals surface area contributed by atoms with Gasteiger partial charge in [0.2, 0.25) is 0 Å². The van der Waals surface area contributed by atoms with Gasteiger partial charge in [0.25, 0.3) is 0 Å². The van der Waals surface area contributed by atoms with Crippen LogP contribution in [0, 0.1) is 29.6 Å². The fraction of sp³-hybridized carbons (Fsp3) is 0.957. The van der Waals surface area contributed by atoms with Crippen molar-refractivity contribution >= 4 is 5.97 Å². The van der Waals surface area contributed by atoms with Crippen LogP contribution in [-0.4, -0.2) is 12.1 Å². The third-order valence-electron chi connectivity index (χ3n) is 7.87. The maximum atomic E-state index is 12.5. The molecule has 2 nitrogen and oxygen atoms in total. The summed E-state index contributed by atoms with van der Waals surface area (Å²) in [4.78, 5) is 12.5. The molecule has 0 saturated heterocycles. The van der Waals surface area contributed by atoms with Gasteiger partial charge in [-0.05, 0) is 75.0 Å². The monoisotopic (exact) mass is 348 g/mol. The van der Waals surface area contributed by atoms with Crippen molar-refractivity contribution in [3.63, 3.8) is 0 Å². The van der Waals surface area contributed by atoms with E-state index in [0.717, 1.165) is 30.6 Å². The molecular weight excluding hydrogens is 308 g/mol. The van der Waals surface area contributed by atoms with E-state index in [1.54, 1.807) is 0 Å². The Kier molecular flexibility index (Phi) is 7.25. The van der Waals surface area contributed by atoms with Crippen LogP contribution in [0.3, 0.4) is 0 Å². The second kappa shape index (κ2) is 9.42. The largest absolute Gasteiger partial charge is 0.462 e. The smallest absolute Gasteiger partial charge is 0.309 e. The highest BCUT2D eigenvalue weighted by atomic mass is 16.5. The SMILES string of the molecule is CCC1CCC(C2CCC(OC(=O)C(C)C3CCCCC3)CC2)CC1. The van der Waals surface area contributed by atoms with Gasteiger partial charge in [0.1, 0.15) is 6.10 Å². The summed E-state index contributed by atoms with van der Waals surface area (Å²) in [7, 11) is 0. The minimum absolute atomic E-state index is 0.0961. The molecule has 2 heteroatoms. The van der Waals surface area contributed by atoms with Crippen LogP contribution in [0.25, 0.3) is 0 Å². The second-order valence-corrected chi connectivity index (χ2v) is 9.35. The summed E-state index contributed by atoms with van der Waals surface area (Å²) >= 11 is 0. The van der Waals surface area contributed by atoms with Gasteiger partial charge in [-0.15, -0.1) is 0 Å². The molecule has 0 bridgehead atoms. The molecule has 1 atom stereocenters. The summed E-state index contributed by atoms with van der Waals surface area (Å²) in [5, 5.41) is 0. The van der Waals surface area contributed by atoms with Crippen molar-refractivity contribution in [1.29, 1.82) is 0 Å². The third kappa shape index (κ3) is 5.23. The lowest BCUT2D eigenvalue weighted by Crippen LogP contribution is -2.32. The molecule has 3 rings (SSSR count). The lowest BCUT2D eigenvalue weighted by atomic mass is 9.70. The van der Waals surface area contributed by atoms with Gasteiger partial charge in [-0.1, -0.05) is 52.4 Å². The number of ether oxygens (including phenoxy) is 1. The Hall–Kier alpha value is -0.530. The fourth-order valence-corrected chi connectivity index (χ4v) is 5.84. The molecule has 0 aromatic heterocycles. The van der Waals surface area contributed by atoms with Crippen molar-refractivity contribution in [2.75, 3.05) is 0 Å². The normalized spacial score (nSPS) is 35.9. The average Bonchev–Trinajstić information content (AvgIpc) is 2.68. The molecular formula is C23H40O2. The van der Waals surface area contributed by atoms with E-state index in [1.165, 1.54) is 77.0 Å². The molecule has 3 aliphatic rings. The predicted molar refractivity (Wildman–Crippen MR) is 103 cm³/mol. The Balaban J connectivity index is 1.38. The first kappa shape index (κ1) is 19.2. The van der Waals surface area contributed by atoms with Gasteiger partial charge in [0, 0.05) is 0 Å². The molecule has 3 aliphatic carbocycles. The summed E-state index contributed by atoms with van der Waals surface area (Å²) in [6, 6.07) is 0. The molecule has 144 valence electrons. The topological polar surface area (TPSA) is 26.3 Å². The van der Waals surface area contributed by atoms with Crippen LogP contribution in [0.5, 0.6) is 0 Å². The fourth-order valence-electron chi connectivity index (χ4n) is 5.84. The highest BCUT2D eigenvalue weighted by Crippen LogP contribution is 2.41. The summed E-state index contributed by atoms with van der Waals surface area (Å²) in [6.07, 6.45) is 18.6. The van der Waals surface area contributed by atoms with E-state index in [4.69, 9.17) is 4.74 Å². The Labute approximate surface area is 155 Å². The zero-order chi connectivity index (χ0) is 17.6. The molecule has 25 heavy (non-hydrogen) atoms. The summed E-state index contributed by atoms with van der Waals surface area (Å²) in [5.41, 5.74) is 0. The van der Waals surface area contributed by atoms with Crippen LogP contribution in [0.1, 0.15) is 104 Å². The van der Waals surface area contributed by atoms with Crippen LogP contribution in [0.4, 0.5) is 0 Å². The van der Waals surface area contributed by atoms with E-state index in [-0.39, 0.29) is 18.0 Å². The highest BCUT2D eigenvalue weighted by Gasteiger charge is 2.33. The van der Waals surface area contributed by atoms with Gasteiger partial charge in [0.05, 0.1) is 5.92 Å². The molecule has 0 aliphatic heterocycles. The maximum absolute atomic E-state index is 12.5. The van der Waals surface area contributed by atoms with E-state index in [0.29, 0.717) is 5.92 Å². The highest BCUT2D eigenvalue weighted by molar-refractivity contribution is 5.72. The third-order valence-corrected chi connectivity index (χ3v) is 7.87. The second-order valence-electron chi connectivity index (χ2n) is 9.35. The van der Waals surface area contributed by atoms with Gasteiger partial charge in [-0.2, -0.15) is 0 Å². The van der Waals surface area contributed by atoms with E-state index in [2.05, 4.69) is 13.8 Å². The van der Waals surface area contributed by atoms with E-state index >= 15 is 0 Å². The van der Waals surface area contributed by atoms with E-state index < -0.39 is 0 Å². The first-order valence-corrected chi connectivity index (χ1v) is 11.4. The number of carbonyl (C=O) groups excluding carboxylic acids is 1. The number of hydrogen-bond donors (Lipinski definition) is 0. The molecule has 0 amide bonds. The molecule has 0 aromatic carbocycles. The molecule has 0 N–H and O–H groups in total. The Morgan fingerprint density at radius 1 is 0.840 bits per heavy atom. The average molecular weight is 349 g/mol. The first-order valence-electron chi connectivity index (χ1n) is 11.4. The Bertz CT molecular complexity index is 396. The first-order chi connectivity index (χ1) is 12.2. The molecule has 0 radical (unpaired) electrons. The number of hydrogen-bond acceptors (Lipinski definition) is 2. The van der Waals surface area contributed by atoms with Crippen molar-refractivity contribution in [2.24, 2.45) is 29.6 Å². The van der Waals surface area contributed by atoms with Crippen LogP contribution >= 0.6 is 0 Å². The molecule has 1 unspecified atom stereocenters. The van der Waals surface area contributed by atoms with Crippen LogP contribution in [0.15, 0.2) is 0 Å². The summed E-state index contributed by atoms with van der Waals surface area (Å²) in [6.45, 7) is 4.45. The maximum Gasteiger partial charge on any atom is 0.309 e. The quantitative estimate of drug-likeness (QED) is 0.529. The molecule has 0 aromatic rings. The van der Waals surface area contributed by atoms with Crippen molar-refractivity contribution in [3.8, 4) is 0 Å². The van der Waals surface area contributed by atoms with Crippen LogP contribution in [0.2, 0.25) is 0 Å². The number of esters is 1. The van der Waals surface area contributed by atoms with Crippen molar-refractivity contribution in [2.45, 2.75) is 110 Å². The van der Waals surface area contributed by atoms with Gasteiger partial charge >= 0.3 is 5.97 Å². The van der Waals surface area contributed by atoms with Gasteiger partial charge in [-0.25, -0.2) is 0 Å². The summed E-state index contributed by atoms with van der Waals surface area (Å²) < 4.78 is 5.94. The Morgan fingerprint density at radius 3 is 1.96 bits per heavy atom. The van der Waals surface area contributed by atoms with Gasteiger partial charge in [0.15, 0.2) is 0 Å². The molecule has 3 fully saturated rings. The number of rotatable bonds is 5. The van der Waals surface area contributed by atoms with Crippen molar-refractivity contribution in [1.82, 2.24) is 0 Å². The van der Waals surface area contributed by atoms with Crippen LogP contribution < -0.4 is 0 Å². The van der Waals surface area contributed by atoms with Crippen molar-refractivity contribution in [3.05, 3.63) is 0 Å². The zero-order valence-corrected chi connectivity index (χ0v) is 16.7. The molecule has 0 heterocycles. The lowest BCUT2D eigenvalue weighted by Gasteiger charge is -2.38. The molecule has 3 saturated carbocycles. The lowest BCUT2D eigenvalue weighted by molar-refractivity contribution is -0.158.